The van der Waals surface area contributed by atoms with Gasteiger partial charge in [-0.05, 0) is 44.5 Å². The van der Waals surface area contributed by atoms with Gasteiger partial charge in [-0.1, -0.05) is 12.1 Å². The zero-order chi connectivity index (χ0) is 18.4. The number of rotatable bonds is 8. The molecule has 0 spiro atoms. The molecule has 0 radical (unpaired) electrons. The van der Waals surface area contributed by atoms with Crippen molar-refractivity contribution in [1.29, 1.82) is 0 Å². The Labute approximate surface area is 147 Å². The zero-order valence-electron chi connectivity index (χ0n) is 14.4. The van der Waals surface area contributed by atoms with E-state index in [1.165, 1.54) is 24.3 Å². The minimum atomic E-state index is -3.57. The van der Waals surface area contributed by atoms with Crippen LogP contribution in [0.25, 0.3) is 0 Å². The highest BCUT2D eigenvalue weighted by Crippen LogP contribution is 2.12. The summed E-state index contributed by atoms with van der Waals surface area (Å²) in [6.07, 6.45) is 1.12. The molecule has 9 heteroatoms. The maximum atomic E-state index is 12.2. The predicted octanol–water partition coefficient (Wildman–Crippen LogP) is 1.43. The Hall–Kier alpha value is -2.26. The number of aromatic nitrogens is 2. The second kappa shape index (κ2) is 8.21. The van der Waals surface area contributed by atoms with Crippen LogP contribution in [0.5, 0.6) is 0 Å². The summed E-state index contributed by atoms with van der Waals surface area (Å²) in [4.78, 5) is 16.3. The Balaban J connectivity index is 1.93. The summed E-state index contributed by atoms with van der Waals surface area (Å²) >= 11 is 0. The highest BCUT2D eigenvalue weighted by atomic mass is 32.2. The van der Waals surface area contributed by atoms with Crippen molar-refractivity contribution in [3.8, 4) is 0 Å². The third-order valence-electron chi connectivity index (χ3n) is 3.59. The standard InChI is InChI=1S/C16H22N4O4S/c1-4-11(2)20-25(22,23)14-7-5-13(6-8-14)16(21)17-10-9-15-18-12(3)19-24-15/h5-8,11,20H,4,9-10H2,1-3H3,(H,17,21)/t11-/m1/s1. The van der Waals surface area contributed by atoms with E-state index >= 15 is 0 Å². The molecule has 2 rings (SSSR count). The lowest BCUT2D eigenvalue weighted by molar-refractivity contribution is 0.0953. The van der Waals surface area contributed by atoms with E-state index in [0.717, 1.165) is 0 Å². The average molecular weight is 366 g/mol. The minimum absolute atomic E-state index is 0.130. The summed E-state index contributed by atoms with van der Waals surface area (Å²) in [7, 11) is -3.57. The van der Waals surface area contributed by atoms with Crippen molar-refractivity contribution < 1.29 is 17.7 Å². The Morgan fingerprint density at radius 1 is 1.28 bits per heavy atom. The summed E-state index contributed by atoms with van der Waals surface area (Å²) in [6.45, 7) is 5.76. The van der Waals surface area contributed by atoms with Crippen LogP contribution in [0, 0.1) is 6.92 Å². The molecule has 136 valence electrons. The predicted molar refractivity (Wildman–Crippen MR) is 91.6 cm³/mol. The van der Waals surface area contributed by atoms with E-state index in [1.54, 1.807) is 13.8 Å². The van der Waals surface area contributed by atoms with Crippen molar-refractivity contribution in [2.75, 3.05) is 6.54 Å². The summed E-state index contributed by atoms with van der Waals surface area (Å²) in [6, 6.07) is 5.65. The number of nitrogens with zero attached hydrogens (tertiary/aromatic N) is 2. The molecule has 0 bridgehead atoms. The second-order valence-electron chi connectivity index (χ2n) is 5.70. The lowest BCUT2D eigenvalue weighted by Gasteiger charge is -2.12. The van der Waals surface area contributed by atoms with Crippen LogP contribution in [0.3, 0.4) is 0 Å². The van der Waals surface area contributed by atoms with Gasteiger partial charge in [0.05, 0.1) is 4.90 Å². The van der Waals surface area contributed by atoms with E-state index in [9.17, 15) is 13.2 Å². The summed E-state index contributed by atoms with van der Waals surface area (Å²) in [5.74, 6) is 0.703. The van der Waals surface area contributed by atoms with Crippen molar-refractivity contribution in [2.24, 2.45) is 0 Å². The van der Waals surface area contributed by atoms with E-state index in [1.807, 2.05) is 6.92 Å². The van der Waals surface area contributed by atoms with Crippen LogP contribution in [0.2, 0.25) is 0 Å². The van der Waals surface area contributed by atoms with E-state index in [-0.39, 0.29) is 16.8 Å². The van der Waals surface area contributed by atoms with E-state index in [0.29, 0.717) is 36.7 Å². The highest BCUT2D eigenvalue weighted by Gasteiger charge is 2.17. The van der Waals surface area contributed by atoms with E-state index in [4.69, 9.17) is 4.52 Å². The van der Waals surface area contributed by atoms with E-state index in [2.05, 4.69) is 20.2 Å². The second-order valence-corrected chi connectivity index (χ2v) is 7.41. The average Bonchev–Trinajstić information content (AvgIpc) is 2.99. The zero-order valence-corrected chi connectivity index (χ0v) is 15.3. The van der Waals surface area contributed by atoms with Crippen molar-refractivity contribution in [3.63, 3.8) is 0 Å². The van der Waals surface area contributed by atoms with Gasteiger partial charge in [-0.25, -0.2) is 13.1 Å². The number of nitrogens with one attached hydrogen (secondary N) is 2. The fourth-order valence-electron chi connectivity index (χ4n) is 2.03. The van der Waals surface area contributed by atoms with Crippen LogP contribution in [0.1, 0.15) is 42.3 Å². The fourth-order valence-corrected chi connectivity index (χ4v) is 3.36. The van der Waals surface area contributed by atoms with Crippen molar-refractivity contribution in [2.45, 2.75) is 44.6 Å². The summed E-state index contributed by atoms with van der Waals surface area (Å²) in [5.41, 5.74) is 0.379. The molecule has 0 aliphatic heterocycles. The number of carbonyl (C=O) groups is 1. The lowest BCUT2D eigenvalue weighted by Crippen LogP contribution is -2.32. The molecule has 25 heavy (non-hydrogen) atoms. The molecule has 0 fully saturated rings. The molecule has 1 aromatic heterocycles. The van der Waals surface area contributed by atoms with Crippen molar-refractivity contribution in [1.82, 2.24) is 20.2 Å². The maximum Gasteiger partial charge on any atom is 0.251 e. The fraction of sp³-hybridized carbons (Fsp3) is 0.438. The van der Waals surface area contributed by atoms with Crippen LogP contribution in [-0.4, -0.2) is 37.1 Å². The first-order chi connectivity index (χ1) is 11.8. The molecule has 2 aromatic rings. The maximum absolute atomic E-state index is 12.2. The molecule has 1 atom stereocenters. The first-order valence-electron chi connectivity index (χ1n) is 8.01. The Morgan fingerprint density at radius 3 is 2.52 bits per heavy atom. The number of aryl methyl sites for hydroxylation is 1. The first-order valence-corrected chi connectivity index (χ1v) is 9.50. The van der Waals surface area contributed by atoms with E-state index < -0.39 is 10.0 Å². The molecule has 0 saturated heterocycles. The van der Waals surface area contributed by atoms with Gasteiger partial charge >= 0.3 is 0 Å². The Bertz CT molecular complexity index is 815. The molecule has 0 aliphatic rings. The Kier molecular flexibility index (Phi) is 6.27. The smallest absolute Gasteiger partial charge is 0.251 e. The van der Waals surface area contributed by atoms with Crippen LogP contribution in [0.4, 0.5) is 0 Å². The van der Waals surface area contributed by atoms with Gasteiger partial charge in [0.2, 0.25) is 15.9 Å². The number of sulfonamides is 1. The van der Waals surface area contributed by atoms with Crippen molar-refractivity contribution >= 4 is 15.9 Å². The van der Waals surface area contributed by atoms with Crippen LogP contribution < -0.4 is 10.0 Å². The molecule has 8 nitrogen and oxygen atoms in total. The summed E-state index contributed by atoms with van der Waals surface area (Å²) in [5, 5.41) is 6.39. The molecule has 1 aromatic carbocycles. The number of hydrogen-bond donors (Lipinski definition) is 2. The van der Waals surface area contributed by atoms with Gasteiger partial charge in [-0.2, -0.15) is 4.98 Å². The largest absolute Gasteiger partial charge is 0.352 e. The van der Waals surface area contributed by atoms with Gasteiger partial charge in [-0.15, -0.1) is 0 Å². The molecule has 2 N–H and O–H groups in total. The minimum Gasteiger partial charge on any atom is -0.352 e. The molecule has 0 saturated carbocycles. The molecule has 0 unspecified atom stereocenters. The van der Waals surface area contributed by atoms with Crippen LogP contribution in [0.15, 0.2) is 33.7 Å². The van der Waals surface area contributed by atoms with Crippen molar-refractivity contribution in [3.05, 3.63) is 41.5 Å². The van der Waals surface area contributed by atoms with Gasteiger partial charge in [0, 0.05) is 24.6 Å². The SMILES string of the molecule is CC[C@@H](C)NS(=O)(=O)c1ccc(C(=O)NCCc2nc(C)no2)cc1. The monoisotopic (exact) mass is 366 g/mol. The van der Waals surface area contributed by atoms with Gasteiger partial charge < -0.3 is 9.84 Å². The molecular formula is C16H22N4O4S. The third-order valence-corrected chi connectivity index (χ3v) is 5.20. The van der Waals surface area contributed by atoms with Gasteiger partial charge in [-0.3, -0.25) is 4.79 Å². The highest BCUT2D eigenvalue weighted by molar-refractivity contribution is 7.89. The first kappa shape index (κ1) is 19.1. The van der Waals surface area contributed by atoms with Crippen LogP contribution in [-0.2, 0) is 16.4 Å². The number of benzene rings is 1. The Morgan fingerprint density at radius 2 is 1.96 bits per heavy atom. The van der Waals surface area contributed by atoms with Gasteiger partial charge in [0.25, 0.3) is 5.91 Å². The number of amides is 1. The molecule has 0 aliphatic carbocycles. The lowest BCUT2D eigenvalue weighted by atomic mass is 10.2. The normalized spacial score (nSPS) is 12.8. The topological polar surface area (TPSA) is 114 Å². The number of carbonyl (C=O) groups excluding carboxylic acids is 1. The van der Waals surface area contributed by atoms with Crippen LogP contribution >= 0.6 is 0 Å². The quantitative estimate of drug-likeness (QED) is 0.730. The molecule has 1 heterocycles. The molecule has 1 amide bonds. The third kappa shape index (κ3) is 5.36. The summed E-state index contributed by atoms with van der Waals surface area (Å²) < 4.78 is 31.9. The molecular weight excluding hydrogens is 344 g/mol. The van der Waals surface area contributed by atoms with Gasteiger partial charge in [0.1, 0.15) is 0 Å². The van der Waals surface area contributed by atoms with Gasteiger partial charge in [0.15, 0.2) is 5.82 Å². The number of hydrogen-bond acceptors (Lipinski definition) is 6.